The smallest absolute Gasteiger partial charge is 0.229 e. The van der Waals surface area contributed by atoms with Gasteiger partial charge in [0.05, 0.1) is 5.75 Å². The van der Waals surface area contributed by atoms with Crippen LogP contribution >= 0.6 is 27.7 Å². The maximum absolute atomic E-state index is 11.1. The molecule has 0 aliphatic carbocycles. The van der Waals surface area contributed by atoms with E-state index in [4.69, 9.17) is 0 Å². The summed E-state index contributed by atoms with van der Waals surface area (Å²) in [6.45, 7) is 2.11. The van der Waals surface area contributed by atoms with E-state index in [1.807, 2.05) is 12.1 Å². The summed E-state index contributed by atoms with van der Waals surface area (Å²) < 4.78 is 1.08. The van der Waals surface area contributed by atoms with E-state index >= 15 is 0 Å². The Labute approximate surface area is 103 Å². The Morgan fingerprint density at radius 2 is 2.07 bits per heavy atom. The molecular formula is C11H14BrNOS. The molecule has 0 spiro atoms. The lowest BCUT2D eigenvalue weighted by atomic mass is 10.2. The van der Waals surface area contributed by atoms with Gasteiger partial charge in [-0.25, -0.2) is 0 Å². The van der Waals surface area contributed by atoms with Crippen LogP contribution in [0.4, 0.5) is 0 Å². The first kappa shape index (κ1) is 12.6. The van der Waals surface area contributed by atoms with Crippen LogP contribution in [0.5, 0.6) is 0 Å². The number of rotatable bonds is 4. The first-order valence-electron chi connectivity index (χ1n) is 4.71. The topological polar surface area (TPSA) is 29.1 Å². The summed E-state index contributed by atoms with van der Waals surface area (Å²) >= 11 is 5.04. The monoisotopic (exact) mass is 287 g/mol. The minimum Gasteiger partial charge on any atom is -0.358 e. The Morgan fingerprint density at radius 3 is 2.60 bits per heavy atom. The van der Waals surface area contributed by atoms with Crippen molar-refractivity contribution in [1.82, 2.24) is 5.32 Å². The lowest BCUT2D eigenvalue weighted by Gasteiger charge is -2.10. The van der Waals surface area contributed by atoms with Crippen molar-refractivity contribution < 1.29 is 4.79 Å². The van der Waals surface area contributed by atoms with E-state index in [1.165, 1.54) is 5.56 Å². The SMILES string of the molecule is CNC(=O)CS[C@H](C)c1ccc(Br)cc1. The maximum atomic E-state index is 11.1. The van der Waals surface area contributed by atoms with E-state index in [2.05, 4.69) is 40.3 Å². The first-order valence-corrected chi connectivity index (χ1v) is 6.55. The lowest BCUT2D eigenvalue weighted by molar-refractivity contribution is -0.118. The van der Waals surface area contributed by atoms with Gasteiger partial charge >= 0.3 is 0 Å². The number of carbonyl (C=O) groups is 1. The molecule has 2 nitrogen and oxygen atoms in total. The summed E-state index contributed by atoms with van der Waals surface area (Å²) in [7, 11) is 1.66. The van der Waals surface area contributed by atoms with E-state index < -0.39 is 0 Å². The van der Waals surface area contributed by atoms with Crippen molar-refractivity contribution in [1.29, 1.82) is 0 Å². The molecule has 1 aromatic rings. The third-order valence-electron chi connectivity index (χ3n) is 2.08. The van der Waals surface area contributed by atoms with Crippen molar-refractivity contribution in [3.05, 3.63) is 34.3 Å². The largest absolute Gasteiger partial charge is 0.358 e. The maximum Gasteiger partial charge on any atom is 0.229 e. The molecule has 4 heteroatoms. The Bertz CT molecular complexity index is 326. The summed E-state index contributed by atoms with van der Waals surface area (Å²) in [5, 5.41) is 2.96. The highest BCUT2D eigenvalue weighted by Crippen LogP contribution is 2.28. The Balaban J connectivity index is 2.50. The molecule has 0 heterocycles. The van der Waals surface area contributed by atoms with Gasteiger partial charge in [0.15, 0.2) is 0 Å². The van der Waals surface area contributed by atoms with Gasteiger partial charge in [0, 0.05) is 16.8 Å². The molecule has 1 atom stereocenters. The van der Waals surface area contributed by atoms with Crippen molar-refractivity contribution in [2.24, 2.45) is 0 Å². The number of halogens is 1. The molecule has 0 bridgehead atoms. The van der Waals surface area contributed by atoms with E-state index in [0.29, 0.717) is 11.0 Å². The van der Waals surface area contributed by atoms with Crippen LogP contribution in [-0.4, -0.2) is 18.7 Å². The second-order valence-electron chi connectivity index (χ2n) is 3.18. The van der Waals surface area contributed by atoms with Crippen LogP contribution in [0.3, 0.4) is 0 Å². The van der Waals surface area contributed by atoms with Gasteiger partial charge in [0.1, 0.15) is 0 Å². The van der Waals surface area contributed by atoms with Crippen LogP contribution in [0.25, 0.3) is 0 Å². The fourth-order valence-corrected chi connectivity index (χ4v) is 2.26. The first-order chi connectivity index (χ1) is 7.13. The molecule has 1 amide bonds. The quantitative estimate of drug-likeness (QED) is 0.923. The normalized spacial score (nSPS) is 12.2. The molecule has 1 N–H and O–H groups in total. The van der Waals surface area contributed by atoms with Gasteiger partial charge < -0.3 is 5.32 Å². The van der Waals surface area contributed by atoms with Crippen LogP contribution in [0.15, 0.2) is 28.7 Å². The van der Waals surface area contributed by atoms with Crippen LogP contribution in [0.2, 0.25) is 0 Å². The Kier molecular flexibility index (Phi) is 5.19. The summed E-state index contributed by atoms with van der Waals surface area (Å²) in [6, 6.07) is 8.19. The fraction of sp³-hybridized carbons (Fsp3) is 0.364. The summed E-state index contributed by atoms with van der Waals surface area (Å²) in [5.74, 6) is 0.581. The third kappa shape index (κ3) is 4.26. The van der Waals surface area contributed by atoms with Gasteiger partial charge in [-0.3, -0.25) is 4.79 Å². The highest BCUT2D eigenvalue weighted by molar-refractivity contribution is 9.10. The number of hydrogen-bond donors (Lipinski definition) is 1. The third-order valence-corrected chi connectivity index (χ3v) is 3.81. The second-order valence-corrected chi connectivity index (χ2v) is 5.42. The van der Waals surface area contributed by atoms with Crippen LogP contribution in [0.1, 0.15) is 17.7 Å². The molecule has 1 aromatic carbocycles. The molecule has 0 fully saturated rings. The van der Waals surface area contributed by atoms with E-state index in [0.717, 1.165) is 4.47 Å². The number of benzene rings is 1. The molecule has 15 heavy (non-hydrogen) atoms. The predicted octanol–water partition coefficient (Wildman–Crippen LogP) is 2.99. The molecule has 0 radical (unpaired) electrons. The van der Waals surface area contributed by atoms with Gasteiger partial charge in [-0.15, -0.1) is 11.8 Å². The molecular weight excluding hydrogens is 274 g/mol. The highest BCUT2D eigenvalue weighted by Gasteiger charge is 2.07. The average molecular weight is 288 g/mol. The van der Waals surface area contributed by atoms with Crippen LogP contribution in [0, 0.1) is 0 Å². The van der Waals surface area contributed by atoms with Crippen LogP contribution in [-0.2, 0) is 4.79 Å². The van der Waals surface area contributed by atoms with E-state index in [-0.39, 0.29) is 5.91 Å². The molecule has 1 rings (SSSR count). The molecule has 0 unspecified atom stereocenters. The number of carbonyl (C=O) groups excluding carboxylic acids is 1. The Morgan fingerprint density at radius 1 is 1.47 bits per heavy atom. The molecule has 0 aliphatic heterocycles. The second kappa shape index (κ2) is 6.18. The number of nitrogens with one attached hydrogen (secondary N) is 1. The van der Waals surface area contributed by atoms with Gasteiger partial charge in [-0.2, -0.15) is 0 Å². The van der Waals surface area contributed by atoms with Crippen molar-refractivity contribution in [3.8, 4) is 0 Å². The number of hydrogen-bond acceptors (Lipinski definition) is 2. The van der Waals surface area contributed by atoms with Gasteiger partial charge in [-0.05, 0) is 24.6 Å². The lowest BCUT2D eigenvalue weighted by Crippen LogP contribution is -2.20. The van der Waals surface area contributed by atoms with Crippen molar-refractivity contribution >= 4 is 33.6 Å². The highest BCUT2D eigenvalue weighted by atomic mass is 79.9. The zero-order valence-electron chi connectivity index (χ0n) is 8.79. The van der Waals surface area contributed by atoms with E-state index in [1.54, 1.807) is 18.8 Å². The van der Waals surface area contributed by atoms with Crippen molar-refractivity contribution in [3.63, 3.8) is 0 Å². The minimum absolute atomic E-state index is 0.0731. The molecule has 0 aliphatic rings. The zero-order chi connectivity index (χ0) is 11.3. The molecule has 0 saturated heterocycles. The summed E-state index contributed by atoms with van der Waals surface area (Å²) in [6.07, 6.45) is 0. The summed E-state index contributed by atoms with van der Waals surface area (Å²) in [4.78, 5) is 11.1. The zero-order valence-corrected chi connectivity index (χ0v) is 11.2. The fourth-order valence-electron chi connectivity index (χ4n) is 1.10. The van der Waals surface area contributed by atoms with Gasteiger partial charge in [0.25, 0.3) is 0 Å². The number of amides is 1. The van der Waals surface area contributed by atoms with Crippen molar-refractivity contribution in [2.45, 2.75) is 12.2 Å². The molecule has 0 aromatic heterocycles. The van der Waals surface area contributed by atoms with Crippen molar-refractivity contribution in [2.75, 3.05) is 12.8 Å². The average Bonchev–Trinajstić information content (AvgIpc) is 2.26. The standard InChI is InChI=1S/C11H14BrNOS/c1-8(15-7-11(14)13-2)9-3-5-10(12)6-4-9/h3-6,8H,7H2,1-2H3,(H,13,14)/t8-/m1/s1. The molecule has 82 valence electrons. The molecule has 0 saturated carbocycles. The van der Waals surface area contributed by atoms with Gasteiger partial charge in [0.2, 0.25) is 5.91 Å². The Hall–Kier alpha value is -0.480. The predicted molar refractivity (Wildman–Crippen MR) is 69.1 cm³/mol. The van der Waals surface area contributed by atoms with Gasteiger partial charge in [-0.1, -0.05) is 28.1 Å². The van der Waals surface area contributed by atoms with Crippen LogP contribution < -0.4 is 5.32 Å². The van der Waals surface area contributed by atoms with E-state index in [9.17, 15) is 4.79 Å². The number of thioether (sulfide) groups is 1. The summed E-state index contributed by atoms with van der Waals surface area (Å²) in [5.41, 5.74) is 1.24. The minimum atomic E-state index is 0.0731.